The molecular formula is C28H25FN4O3. The van der Waals surface area contributed by atoms with Crippen LogP contribution in [-0.4, -0.2) is 43.0 Å². The molecular weight excluding hydrogens is 459 g/mol. The second-order valence-corrected chi connectivity index (χ2v) is 8.79. The van der Waals surface area contributed by atoms with Crippen LogP contribution in [0.3, 0.4) is 0 Å². The third-order valence-electron chi connectivity index (χ3n) is 6.65. The van der Waals surface area contributed by atoms with E-state index in [1.807, 2.05) is 30.9 Å². The molecule has 1 amide bonds. The minimum atomic E-state index is -1.16. The summed E-state index contributed by atoms with van der Waals surface area (Å²) in [6.07, 6.45) is 3.49. The Labute approximate surface area is 207 Å². The van der Waals surface area contributed by atoms with E-state index in [1.165, 1.54) is 17.7 Å². The summed E-state index contributed by atoms with van der Waals surface area (Å²) < 4.78 is 16.8. The zero-order valence-electron chi connectivity index (χ0n) is 20.0. The van der Waals surface area contributed by atoms with Crippen LogP contribution in [0, 0.1) is 5.82 Å². The topological polar surface area (TPSA) is 87.8 Å². The SMILES string of the molecule is CCc1cc(C(=O)N2CCc3ccccc3[C@H]2C)nc2cc(-c3cccc(/C=C/C(=O)O)c3F)nn12. The van der Waals surface area contributed by atoms with Crippen LogP contribution in [0.25, 0.3) is 23.0 Å². The number of aromatic nitrogens is 3. The van der Waals surface area contributed by atoms with Gasteiger partial charge in [0.05, 0.1) is 11.7 Å². The first-order valence-corrected chi connectivity index (χ1v) is 11.9. The number of carbonyl (C=O) groups excluding carboxylic acids is 1. The predicted molar refractivity (Wildman–Crippen MR) is 134 cm³/mol. The van der Waals surface area contributed by atoms with Crippen molar-refractivity contribution in [3.63, 3.8) is 0 Å². The number of carbonyl (C=O) groups is 2. The van der Waals surface area contributed by atoms with E-state index in [9.17, 15) is 9.59 Å². The molecule has 0 spiro atoms. The van der Waals surface area contributed by atoms with Gasteiger partial charge in [-0.3, -0.25) is 4.79 Å². The number of aliphatic carboxylic acids is 1. The maximum atomic E-state index is 15.2. The van der Waals surface area contributed by atoms with Gasteiger partial charge in [0.2, 0.25) is 0 Å². The van der Waals surface area contributed by atoms with Crippen molar-refractivity contribution < 1.29 is 19.1 Å². The number of carboxylic acids is 1. The minimum absolute atomic E-state index is 0.0679. The van der Waals surface area contributed by atoms with Crippen LogP contribution in [0.1, 0.15) is 52.8 Å². The lowest BCUT2D eigenvalue weighted by Gasteiger charge is -2.35. The predicted octanol–water partition coefficient (Wildman–Crippen LogP) is 4.96. The lowest BCUT2D eigenvalue weighted by molar-refractivity contribution is -0.131. The van der Waals surface area contributed by atoms with E-state index in [2.05, 4.69) is 22.2 Å². The van der Waals surface area contributed by atoms with Gasteiger partial charge in [0.1, 0.15) is 11.5 Å². The van der Waals surface area contributed by atoms with E-state index in [0.717, 1.165) is 23.8 Å². The molecule has 1 atom stereocenters. The van der Waals surface area contributed by atoms with Gasteiger partial charge in [0, 0.05) is 35.5 Å². The van der Waals surface area contributed by atoms with Crippen molar-refractivity contribution in [2.75, 3.05) is 6.54 Å². The van der Waals surface area contributed by atoms with E-state index in [0.29, 0.717) is 30.0 Å². The molecule has 0 bridgehead atoms. The van der Waals surface area contributed by atoms with E-state index in [4.69, 9.17) is 5.11 Å². The molecule has 1 aliphatic heterocycles. The van der Waals surface area contributed by atoms with Crippen molar-refractivity contribution >= 4 is 23.6 Å². The van der Waals surface area contributed by atoms with Crippen LogP contribution in [0.4, 0.5) is 4.39 Å². The van der Waals surface area contributed by atoms with Gasteiger partial charge in [0.15, 0.2) is 5.65 Å². The Morgan fingerprint density at radius 3 is 2.75 bits per heavy atom. The largest absolute Gasteiger partial charge is 0.478 e. The number of hydrogen-bond acceptors (Lipinski definition) is 4. The summed E-state index contributed by atoms with van der Waals surface area (Å²) in [7, 11) is 0. The maximum Gasteiger partial charge on any atom is 0.328 e. The van der Waals surface area contributed by atoms with Crippen molar-refractivity contribution in [3.05, 3.63) is 94.6 Å². The molecule has 1 N–H and O–H groups in total. The first kappa shape index (κ1) is 23.4. The Balaban J connectivity index is 1.53. The number of halogens is 1. The third-order valence-corrected chi connectivity index (χ3v) is 6.65. The Kier molecular flexibility index (Phi) is 6.10. The number of nitrogens with zero attached hydrogens (tertiary/aromatic N) is 4. The molecule has 0 aliphatic carbocycles. The van der Waals surface area contributed by atoms with E-state index in [1.54, 1.807) is 28.8 Å². The number of hydrogen-bond donors (Lipinski definition) is 1. The normalized spacial score (nSPS) is 15.4. The van der Waals surface area contributed by atoms with Gasteiger partial charge in [-0.2, -0.15) is 5.10 Å². The summed E-state index contributed by atoms with van der Waals surface area (Å²) in [6.45, 7) is 4.60. The first-order valence-electron chi connectivity index (χ1n) is 11.9. The number of amides is 1. The zero-order chi connectivity index (χ0) is 25.4. The fourth-order valence-electron chi connectivity index (χ4n) is 4.76. The lowest BCUT2D eigenvalue weighted by Crippen LogP contribution is -2.39. The molecule has 0 saturated carbocycles. The molecule has 1 aliphatic rings. The quantitative estimate of drug-likeness (QED) is 0.405. The lowest BCUT2D eigenvalue weighted by atomic mass is 9.93. The summed E-state index contributed by atoms with van der Waals surface area (Å²) in [5.74, 6) is -1.88. The molecule has 7 nitrogen and oxygen atoms in total. The molecule has 5 rings (SSSR count). The summed E-state index contributed by atoms with van der Waals surface area (Å²) in [5.41, 5.74) is 4.68. The highest BCUT2D eigenvalue weighted by molar-refractivity contribution is 5.93. The number of benzene rings is 2. The summed E-state index contributed by atoms with van der Waals surface area (Å²) in [5, 5.41) is 13.4. The highest BCUT2D eigenvalue weighted by Gasteiger charge is 2.29. The Bertz CT molecular complexity index is 1520. The van der Waals surface area contributed by atoms with Crippen molar-refractivity contribution in [1.82, 2.24) is 19.5 Å². The van der Waals surface area contributed by atoms with Crippen molar-refractivity contribution in [1.29, 1.82) is 0 Å². The fourth-order valence-corrected chi connectivity index (χ4v) is 4.76. The minimum Gasteiger partial charge on any atom is -0.478 e. The molecule has 2 aromatic carbocycles. The number of carboxylic acid groups (broad SMARTS) is 1. The molecule has 0 saturated heterocycles. The van der Waals surface area contributed by atoms with E-state index >= 15 is 4.39 Å². The molecule has 4 aromatic rings. The second-order valence-electron chi connectivity index (χ2n) is 8.79. The molecule has 0 unspecified atom stereocenters. The smallest absolute Gasteiger partial charge is 0.328 e. The van der Waals surface area contributed by atoms with Gasteiger partial charge in [-0.1, -0.05) is 43.3 Å². The van der Waals surface area contributed by atoms with Crippen LogP contribution in [0.15, 0.2) is 60.7 Å². The Morgan fingerprint density at radius 2 is 1.97 bits per heavy atom. The van der Waals surface area contributed by atoms with Crippen LogP contribution in [-0.2, 0) is 17.6 Å². The van der Waals surface area contributed by atoms with Gasteiger partial charge in [-0.25, -0.2) is 18.7 Å². The highest BCUT2D eigenvalue weighted by Crippen LogP contribution is 2.31. The van der Waals surface area contributed by atoms with Crippen molar-refractivity contribution in [3.8, 4) is 11.3 Å². The van der Waals surface area contributed by atoms with Crippen LogP contribution in [0.2, 0.25) is 0 Å². The Hall–Kier alpha value is -4.33. The molecule has 8 heteroatoms. The van der Waals surface area contributed by atoms with Gasteiger partial charge in [-0.15, -0.1) is 0 Å². The third kappa shape index (κ3) is 4.15. The van der Waals surface area contributed by atoms with Gasteiger partial charge in [-0.05, 0) is 49.1 Å². The highest BCUT2D eigenvalue weighted by atomic mass is 19.1. The fraction of sp³-hybridized carbons (Fsp3) is 0.214. The molecule has 3 heterocycles. The van der Waals surface area contributed by atoms with Crippen LogP contribution < -0.4 is 0 Å². The standard InChI is InChI=1S/C28H25FN4O3/c1-3-20-15-24(28(36)32-14-13-18-7-4-5-9-21(18)17(32)2)30-25-16-23(31-33(20)25)22-10-6-8-19(27(22)29)11-12-26(34)35/h4-12,15-17H,3,13-14H2,1-2H3,(H,34,35)/b12-11+/t17-/m1/s1. The van der Waals surface area contributed by atoms with Crippen molar-refractivity contribution in [2.24, 2.45) is 0 Å². The molecule has 2 aromatic heterocycles. The molecule has 182 valence electrons. The van der Waals surface area contributed by atoms with Crippen molar-refractivity contribution in [2.45, 2.75) is 32.7 Å². The monoisotopic (exact) mass is 484 g/mol. The van der Waals surface area contributed by atoms with Crippen LogP contribution in [0.5, 0.6) is 0 Å². The zero-order valence-corrected chi connectivity index (χ0v) is 20.0. The molecule has 0 fully saturated rings. The van der Waals surface area contributed by atoms with Gasteiger partial charge >= 0.3 is 5.97 Å². The summed E-state index contributed by atoms with van der Waals surface area (Å²) in [6, 6.07) is 16.2. The summed E-state index contributed by atoms with van der Waals surface area (Å²) in [4.78, 5) is 30.8. The van der Waals surface area contributed by atoms with E-state index < -0.39 is 11.8 Å². The summed E-state index contributed by atoms with van der Waals surface area (Å²) >= 11 is 0. The average Bonchev–Trinajstić information content (AvgIpc) is 3.31. The number of fused-ring (bicyclic) bond motifs is 2. The Morgan fingerprint density at radius 1 is 1.17 bits per heavy atom. The van der Waals surface area contributed by atoms with Gasteiger partial charge in [0.25, 0.3) is 5.91 Å². The second kappa shape index (κ2) is 9.37. The first-order chi connectivity index (χ1) is 17.4. The van der Waals surface area contributed by atoms with Crippen LogP contribution >= 0.6 is 0 Å². The number of rotatable bonds is 5. The average molecular weight is 485 g/mol. The van der Waals surface area contributed by atoms with Gasteiger partial charge < -0.3 is 10.0 Å². The van der Waals surface area contributed by atoms with E-state index in [-0.39, 0.29) is 23.1 Å². The molecule has 36 heavy (non-hydrogen) atoms. The maximum absolute atomic E-state index is 15.2. The number of aryl methyl sites for hydroxylation is 1. The molecule has 0 radical (unpaired) electrons.